The number of halogens is 3. The molecular weight excluding hydrogens is 268 g/mol. The number of nitrogens with two attached hydrogens (primary N) is 1. The maximum Gasteiger partial charge on any atom is 0.191 e. The van der Waals surface area contributed by atoms with E-state index in [0.29, 0.717) is 5.56 Å². The van der Waals surface area contributed by atoms with Crippen LogP contribution in [-0.2, 0) is 0 Å². The van der Waals surface area contributed by atoms with Crippen molar-refractivity contribution in [2.45, 2.75) is 12.8 Å². The van der Waals surface area contributed by atoms with Gasteiger partial charge in [-0.15, -0.1) is 0 Å². The summed E-state index contributed by atoms with van der Waals surface area (Å²) in [4.78, 5) is 0. The molecule has 0 aliphatic heterocycles. The van der Waals surface area contributed by atoms with E-state index in [0.717, 1.165) is 0 Å². The molecule has 0 heterocycles. The number of methoxy groups -OCH3 is 1. The first-order chi connectivity index (χ1) is 7.02. The third-order valence-electron chi connectivity index (χ3n) is 2.23. The Morgan fingerprint density at radius 2 is 2.07 bits per heavy atom. The molecule has 0 spiro atoms. The van der Waals surface area contributed by atoms with Gasteiger partial charge < -0.3 is 10.5 Å². The lowest BCUT2D eigenvalue weighted by molar-refractivity contribution is 0.355. The van der Waals surface area contributed by atoms with Crippen LogP contribution in [0, 0.1) is 11.6 Å². The van der Waals surface area contributed by atoms with E-state index >= 15 is 0 Å². The second kappa shape index (κ2) is 4.90. The summed E-state index contributed by atoms with van der Waals surface area (Å²) >= 11 is 3.01. The minimum atomic E-state index is -0.733. The molecule has 1 aromatic rings. The largest absolute Gasteiger partial charge is 0.491 e. The van der Waals surface area contributed by atoms with Gasteiger partial charge in [0.2, 0.25) is 0 Å². The maximum absolute atomic E-state index is 13.7. The van der Waals surface area contributed by atoms with E-state index in [1.807, 2.05) is 0 Å². The first kappa shape index (κ1) is 12.4. The van der Waals surface area contributed by atoms with Crippen molar-refractivity contribution in [1.82, 2.24) is 0 Å². The highest BCUT2D eigenvalue weighted by Crippen LogP contribution is 2.33. The fraction of sp³-hybridized carbons (Fsp3) is 0.400. The minimum absolute atomic E-state index is 0.177. The van der Waals surface area contributed by atoms with Crippen LogP contribution in [0.4, 0.5) is 8.78 Å². The second-order valence-electron chi connectivity index (χ2n) is 3.25. The van der Waals surface area contributed by atoms with Crippen LogP contribution >= 0.6 is 15.9 Å². The zero-order valence-corrected chi connectivity index (χ0v) is 10.1. The highest BCUT2D eigenvalue weighted by molar-refractivity contribution is 9.10. The fourth-order valence-corrected chi connectivity index (χ4v) is 1.69. The summed E-state index contributed by atoms with van der Waals surface area (Å²) in [5.41, 5.74) is 5.79. The van der Waals surface area contributed by atoms with Crippen molar-refractivity contribution < 1.29 is 13.5 Å². The van der Waals surface area contributed by atoms with E-state index in [1.165, 1.54) is 13.2 Å². The molecular formula is C10H12BrF2NO. The van der Waals surface area contributed by atoms with Gasteiger partial charge in [-0.2, -0.15) is 0 Å². The summed E-state index contributed by atoms with van der Waals surface area (Å²) in [6.07, 6.45) is 0. The van der Waals surface area contributed by atoms with Crippen molar-refractivity contribution in [2.75, 3.05) is 13.7 Å². The van der Waals surface area contributed by atoms with Gasteiger partial charge in [-0.05, 0) is 40.0 Å². The van der Waals surface area contributed by atoms with Gasteiger partial charge in [0.1, 0.15) is 0 Å². The van der Waals surface area contributed by atoms with E-state index in [2.05, 4.69) is 20.7 Å². The molecule has 0 aromatic heterocycles. The Morgan fingerprint density at radius 3 is 2.53 bits per heavy atom. The smallest absolute Gasteiger partial charge is 0.191 e. The molecule has 2 nitrogen and oxygen atoms in total. The summed E-state index contributed by atoms with van der Waals surface area (Å²) < 4.78 is 31.9. The van der Waals surface area contributed by atoms with Gasteiger partial charge in [-0.25, -0.2) is 8.78 Å². The molecule has 0 amide bonds. The monoisotopic (exact) mass is 279 g/mol. The van der Waals surface area contributed by atoms with Gasteiger partial charge in [0, 0.05) is 0 Å². The molecule has 15 heavy (non-hydrogen) atoms. The van der Waals surface area contributed by atoms with Gasteiger partial charge in [-0.1, -0.05) is 6.92 Å². The normalized spacial score (nSPS) is 12.7. The Balaban J connectivity index is 3.36. The molecule has 5 heteroatoms. The van der Waals surface area contributed by atoms with Crippen molar-refractivity contribution in [2.24, 2.45) is 5.73 Å². The summed E-state index contributed by atoms with van der Waals surface area (Å²) in [6.45, 7) is 2.06. The molecule has 0 radical (unpaired) electrons. The van der Waals surface area contributed by atoms with Crippen LogP contribution in [0.15, 0.2) is 10.5 Å². The Hall–Kier alpha value is -0.680. The standard InChI is InChI=1S/C10H12BrF2NO/c1-5(4-14)6-3-7(11)9(13)10(15-2)8(6)12/h3,5H,4,14H2,1-2H3. The molecule has 0 saturated carbocycles. The van der Waals surface area contributed by atoms with E-state index in [-0.39, 0.29) is 22.7 Å². The SMILES string of the molecule is COc1c(F)c(Br)cc(C(C)CN)c1F. The number of hydrogen-bond acceptors (Lipinski definition) is 2. The van der Waals surface area contributed by atoms with Crippen LogP contribution in [0.25, 0.3) is 0 Å². The van der Waals surface area contributed by atoms with Gasteiger partial charge in [0.25, 0.3) is 0 Å². The average molecular weight is 280 g/mol. The van der Waals surface area contributed by atoms with E-state index in [1.54, 1.807) is 6.92 Å². The van der Waals surface area contributed by atoms with Gasteiger partial charge >= 0.3 is 0 Å². The zero-order valence-electron chi connectivity index (χ0n) is 8.48. The van der Waals surface area contributed by atoms with Gasteiger partial charge in [0.15, 0.2) is 17.4 Å². The summed E-state index contributed by atoms with van der Waals surface area (Å²) in [6, 6.07) is 1.39. The van der Waals surface area contributed by atoms with Gasteiger partial charge in [-0.3, -0.25) is 0 Å². The average Bonchev–Trinajstić information content (AvgIpc) is 2.23. The topological polar surface area (TPSA) is 35.2 Å². The first-order valence-electron chi connectivity index (χ1n) is 4.44. The van der Waals surface area contributed by atoms with Crippen LogP contribution in [0.3, 0.4) is 0 Å². The molecule has 1 aromatic carbocycles. The fourth-order valence-electron chi connectivity index (χ4n) is 1.26. The quantitative estimate of drug-likeness (QED) is 0.864. The predicted octanol–water partition coefficient (Wildman–Crippen LogP) is 2.80. The van der Waals surface area contributed by atoms with Crippen LogP contribution in [0.2, 0.25) is 0 Å². The van der Waals surface area contributed by atoms with E-state index in [9.17, 15) is 8.78 Å². The molecule has 0 aliphatic rings. The third kappa shape index (κ3) is 2.29. The Bertz CT molecular complexity index is 371. The highest BCUT2D eigenvalue weighted by atomic mass is 79.9. The minimum Gasteiger partial charge on any atom is -0.491 e. The second-order valence-corrected chi connectivity index (χ2v) is 4.10. The summed E-state index contributed by atoms with van der Waals surface area (Å²) in [5, 5.41) is 0. The lowest BCUT2D eigenvalue weighted by atomic mass is 10.0. The molecule has 1 atom stereocenters. The number of rotatable bonds is 3. The molecule has 84 valence electrons. The van der Waals surface area contributed by atoms with Gasteiger partial charge in [0.05, 0.1) is 11.6 Å². The van der Waals surface area contributed by atoms with Crippen LogP contribution in [0.5, 0.6) is 5.75 Å². The predicted molar refractivity (Wildman–Crippen MR) is 58.1 cm³/mol. The summed E-state index contributed by atoms with van der Waals surface area (Å²) in [5.74, 6) is -1.98. The maximum atomic E-state index is 13.7. The Labute approximate surface area is 95.5 Å². The summed E-state index contributed by atoms with van der Waals surface area (Å²) in [7, 11) is 1.23. The lowest BCUT2D eigenvalue weighted by Gasteiger charge is -2.14. The number of ether oxygens (including phenoxy) is 1. The number of hydrogen-bond donors (Lipinski definition) is 1. The molecule has 0 bridgehead atoms. The molecule has 0 fully saturated rings. The molecule has 1 rings (SSSR count). The number of benzene rings is 1. The lowest BCUT2D eigenvalue weighted by Crippen LogP contribution is -2.11. The molecule has 0 saturated heterocycles. The van der Waals surface area contributed by atoms with E-state index in [4.69, 9.17) is 5.73 Å². The van der Waals surface area contributed by atoms with Crippen molar-refractivity contribution in [1.29, 1.82) is 0 Å². The first-order valence-corrected chi connectivity index (χ1v) is 5.23. The van der Waals surface area contributed by atoms with Crippen LogP contribution in [0.1, 0.15) is 18.4 Å². The van der Waals surface area contributed by atoms with E-state index < -0.39 is 11.6 Å². The van der Waals surface area contributed by atoms with Crippen molar-refractivity contribution in [3.8, 4) is 5.75 Å². The third-order valence-corrected chi connectivity index (χ3v) is 2.81. The highest BCUT2D eigenvalue weighted by Gasteiger charge is 2.20. The Kier molecular flexibility index (Phi) is 4.04. The Morgan fingerprint density at radius 1 is 1.47 bits per heavy atom. The zero-order chi connectivity index (χ0) is 11.6. The molecule has 1 unspecified atom stereocenters. The molecule has 2 N–H and O–H groups in total. The van der Waals surface area contributed by atoms with Crippen molar-refractivity contribution in [3.63, 3.8) is 0 Å². The van der Waals surface area contributed by atoms with Crippen LogP contribution < -0.4 is 10.5 Å². The van der Waals surface area contributed by atoms with Crippen molar-refractivity contribution in [3.05, 3.63) is 27.7 Å². The van der Waals surface area contributed by atoms with Crippen LogP contribution in [-0.4, -0.2) is 13.7 Å². The van der Waals surface area contributed by atoms with Crippen molar-refractivity contribution >= 4 is 15.9 Å². The molecule has 0 aliphatic carbocycles.